The summed E-state index contributed by atoms with van der Waals surface area (Å²) in [7, 11) is 3.25. The van der Waals surface area contributed by atoms with Gasteiger partial charge in [0.15, 0.2) is 0 Å². The number of hydrogen-bond donors (Lipinski definition) is 1. The third kappa shape index (κ3) is 5.95. The predicted molar refractivity (Wildman–Crippen MR) is 147 cm³/mol. The van der Waals surface area contributed by atoms with Crippen molar-refractivity contribution in [1.82, 2.24) is 14.5 Å². The van der Waals surface area contributed by atoms with Crippen LogP contribution in [0.15, 0.2) is 53.3 Å². The van der Waals surface area contributed by atoms with E-state index in [9.17, 15) is 9.59 Å². The molecule has 202 valence electrons. The fourth-order valence-corrected chi connectivity index (χ4v) is 4.80. The van der Waals surface area contributed by atoms with Crippen molar-refractivity contribution >= 4 is 23.5 Å². The van der Waals surface area contributed by atoms with E-state index in [4.69, 9.17) is 30.8 Å². The Morgan fingerprint density at radius 2 is 1.92 bits per heavy atom. The Morgan fingerprint density at radius 1 is 1.16 bits per heavy atom. The Morgan fingerprint density at radius 3 is 2.58 bits per heavy atom. The Balaban J connectivity index is 1.56. The molecule has 0 spiro atoms. The fraction of sp³-hybridized carbons (Fsp3) is 0.393. The molecule has 2 heterocycles. The lowest BCUT2D eigenvalue weighted by Crippen LogP contribution is -2.37. The molecule has 4 rings (SSSR count). The van der Waals surface area contributed by atoms with Crippen molar-refractivity contribution < 1.29 is 19.0 Å². The lowest BCUT2D eigenvalue weighted by Gasteiger charge is -2.24. The number of rotatable bonds is 9. The van der Waals surface area contributed by atoms with Gasteiger partial charge in [0.05, 0.1) is 36.5 Å². The number of ether oxygens (including phenoxy) is 3. The molecule has 0 aliphatic carbocycles. The Labute approximate surface area is 227 Å². The molecule has 10 heteroatoms. The zero-order chi connectivity index (χ0) is 27.2. The van der Waals surface area contributed by atoms with Gasteiger partial charge in [-0.25, -0.2) is 9.78 Å². The standard InChI is InChI=1S/C28H33ClN4O5/c1-5-22-26(32(3)27(34)25(30-22)20-13-12-19(36-4)14-21(20)29)31-23-15-33(16-24(23)37-6-2)28(35)38-17-18-10-8-7-9-11-18/h7-14,23-24,31H,5-6,15-17H2,1-4H3/t23-,24+/m1/s1. The normalized spacial score (nSPS) is 16.9. The molecule has 9 nitrogen and oxygen atoms in total. The van der Waals surface area contributed by atoms with Gasteiger partial charge in [-0.1, -0.05) is 48.9 Å². The smallest absolute Gasteiger partial charge is 0.410 e. The van der Waals surface area contributed by atoms with Gasteiger partial charge in [0, 0.05) is 25.8 Å². The van der Waals surface area contributed by atoms with Crippen LogP contribution in [0.3, 0.4) is 0 Å². The van der Waals surface area contributed by atoms with Crippen molar-refractivity contribution in [2.24, 2.45) is 7.05 Å². The van der Waals surface area contributed by atoms with Gasteiger partial charge >= 0.3 is 6.09 Å². The van der Waals surface area contributed by atoms with Gasteiger partial charge in [0.1, 0.15) is 23.9 Å². The van der Waals surface area contributed by atoms with E-state index in [1.165, 1.54) is 0 Å². The van der Waals surface area contributed by atoms with Crippen LogP contribution < -0.4 is 15.6 Å². The molecule has 1 aliphatic rings. The lowest BCUT2D eigenvalue weighted by atomic mass is 10.1. The average molecular weight is 541 g/mol. The highest BCUT2D eigenvalue weighted by atomic mass is 35.5. The van der Waals surface area contributed by atoms with Crippen molar-refractivity contribution in [1.29, 1.82) is 0 Å². The molecule has 38 heavy (non-hydrogen) atoms. The van der Waals surface area contributed by atoms with Crippen LogP contribution in [0.2, 0.25) is 5.02 Å². The summed E-state index contributed by atoms with van der Waals surface area (Å²) in [6.45, 7) is 5.31. The monoisotopic (exact) mass is 540 g/mol. The maximum absolute atomic E-state index is 13.4. The Bertz CT molecular complexity index is 1330. The first kappa shape index (κ1) is 27.5. The van der Waals surface area contributed by atoms with E-state index in [1.807, 2.05) is 44.2 Å². The number of likely N-dealkylation sites (tertiary alicyclic amines) is 1. The van der Waals surface area contributed by atoms with Crippen LogP contribution in [0.5, 0.6) is 5.75 Å². The average Bonchev–Trinajstić information content (AvgIpc) is 3.33. The summed E-state index contributed by atoms with van der Waals surface area (Å²) in [5.74, 6) is 1.18. The van der Waals surface area contributed by atoms with Gasteiger partial charge in [-0.2, -0.15) is 0 Å². The summed E-state index contributed by atoms with van der Waals surface area (Å²) in [6.07, 6.45) is -0.110. The van der Waals surface area contributed by atoms with Crippen molar-refractivity contribution in [3.8, 4) is 17.0 Å². The predicted octanol–water partition coefficient (Wildman–Crippen LogP) is 4.51. The van der Waals surface area contributed by atoms with Gasteiger partial charge < -0.3 is 24.4 Å². The fourth-order valence-electron chi connectivity index (χ4n) is 4.54. The second-order valence-electron chi connectivity index (χ2n) is 9.01. The molecular weight excluding hydrogens is 508 g/mol. The van der Waals surface area contributed by atoms with E-state index < -0.39 is 6.09 Å². The van der Waals surface area contributed by atoms with Crippen LogP contribution in [0.1, 0.15) is 25.1 Å². The second kappa shape index (κ2) is 12.3. The van der Waals surface area contributed by atoms with Crippen molar-refractivity contribution in [3.63, 3.8) is 0 Å². The minimum absolute atomic E-state index is 0.196. The summed E-state index contributed by atoms with van der Waals surface area (Å²) in [6, 6.07) is 14.4. The number of nitrogens with one attached hydrogen (secondary N) is 1. The topological polar surface area (TPSA) is 94.9 Å². The van der Waals surface area contributed by atoms with Crippen LogP contribution in [0.4, 0.5) is 10.6 Å². The molecule has 1 N–H and O–H groups in total. The molecular formula is C28H33ClN4O5. The number of halogens is 1. The van der Waals surface area contributed by atoms with E-state index in [0.29, 0.717) is 54.0 Å². The Kier molecular flexibility index (Phi) is 8.91. The Hall–Kier alpha value is -3.56. The van der Waals surface area contributed by atoms with Gasteiger partial charge in [-0.05, 0) is 37.1 Å². The maximum Gasteiger partial charge on any atom is 0.410 e. The van der Waals surface area contributed by atoms with Crippen LogP contribution in [0.25, 0.3) is 11.3 Å². The third-order valence-electron chi connectivity index (χ3n) is 6.56. The number of aryl methyl sites for hydroxylation is 1. The van der Waals surface area contributed by atoms with Gasteiger partial charge in [0.25, 0.3) is 5.56 Å². The van der Waals surface area contributed by atoms with Crippen molar-refractivity contribution in [3.05, 3.63) is 75.2 Å². The summed E-state index contributed by atoms with van der Waals surface area (Å²) in [5, 5.41) is 3.83. The number of anilines is 1. The first-order valence-electron chi connectivity index (χ1n) is 12.6. The molecule has 1 saturated heterocycles. The van der Waals surface area contributed by atoms with E-state index in [0.717, 1.165) is 5.56 Å². The molecule has 0 saturated carbocycles. The number of aromatic nitrogens is 2. The molecule has 0 radical (unpaired) electrons. The molecule has 1 aliphatic heterocycles. The van der Waals surface area contributed by atoms with Crippen molar-refractivity contribution in [2.45, 2.75) is 39.0 Å². The minimum Gasteiger partial charge on any atom is -0.497 e. The maximum atomic E-state index is 13.4. The number of hydrogen-bond acceptors (Lipinski definition) is 7. The number of amides is 1. The quantitative estimate of drug-likeness (QED) is 0.426. The molecule has 1 aromatic heterocycles. The van der Waals surface area contributed by atoms with Crippen LogP contribution >= 0.6 is 11.6 Å². The summed E-state index contributed by atoms with van der Waals surface area (Å²) < 4.78 is 18.3. The number of benzene rings is 2. The third-order valence-corrected chi connectivity index (χ3v) is 6.87. The van der Waals surface area contributed by atoms with Crippen LogP contribution in [-0.4, -0.2) is 59.5 Å². The first-order chi connectivity index (χ1) is 18.4. The van der Waals surface area contributed by atoms with Gasteiger partial charge in [-0.15, -0.1) is 0 Å². The molecule has 0 unspecified atom stereocenters. The zero-order valence-corrected chi connectivity index (χ0v) is 22.8. The largest absolute Gasteiger partial charge is 0.497 e. The van der Waals surface area contributed by atoms with E-state index in [1.54, 1.807) is 41.8 Å². The highest BCUT2D eigenvalue weighted by Crippen LogP contribution is 2.30. The number of methoxy groups -OCH3 is 1. The molecule has 2 atom stereocenters. The zero-order valence-electron chi connectivity index (χ0n) is 22.1. The van der Waals surface area contributed by atoms with E-state index in [-0.39, 0.29) is 30.0 Å². The molecule has 1 amide bonds. The number of carbonyl (C=O) groups excluding carboxylic acids is 1. The van der Waals surface area contributed by atoms with Crippen molar-refractivity contribution in [2.75, 3.05) is 32.1 Å². The molecule has 2 aromatic carbocycles. The van der Waals surface area contributed by atoms with Gasteiger partial charge in [0.2, 0.25) is 0 Å². The van der Waals surface area contributed by atoms with Crippen LogP contribution in [-0.2, 0) is 29.5 Å². The molecule has 0 bridgehead atoms. The minimum atomic E-state index is -0.407. The van der Waals surface area contributed by atoms with E-state index >= 15 is 0 Å². The van der Waals surface area contributed by atoms with E-state index in [2.05, 4.69) is 5.32 Å². The number of carbonyl (C=O) groups is 1. The molecule has 3 aromatic rings. The molecule has 1 fully saturated rings. The summed E-state index contributed by atoms with van der Waals surface area (Å²) in [4.78, 5) is 32.5. The van der Waals surface area contributed by atoms with Gasteiger partial charge in [-0.3, -0.25) is 9.36 Å². The second-order valence-corrected chi connectivity index (χ2v) is 9.42. The number of nitrogens with zero attached hydrogens (tertiary/aromatic N) is 3. The summed E-state index contributed by atoms with van der Waals surface area (Å²) >= 11 is 6.45. The lowest BCUT2D eigenvalue weighted by molar-refractivity contribution is 0.0579. The SMILES string of the molecule is CCO[C@H]1CN(C(=O)OCc2ccccc2)C[C@H]1Nc1c(CC)nc(-c2ccc(OC)cc2Cl)c(=O)n1C. The van der Waals surface area contributed by atoms with Crippen LogP contribution in [0, 0.1) is 0 Å². The highest BCUT2D eigenvalue weighted by Gasteiger charge is 2.37. The summed E-state index contributed by atoms with van der Waals surface area (Å²) in [5.41, 5.74) is 2.13. The highest BCUT2D eigenvalue weighted by molar-refractivity contribution is 6.33. The first-order valence-corrected chi connectivity index (χ1v) is 13.0.